The van der Waals surface area contributed by atoms with Gasteiger partial charge in [0.25, 0.3) is 0 Å². The van der Waals surface area contributed by atoms with Gasteiger partial charge in [-0.3, -0.25) is 4.98 Å². The van der Waals surface area contributed by atoms with Crippen LogP contribution in [0.3, 0.4) is 0 Å². The Balaban J connectivity index is 2.03. The monoisotopic (exact) mass is 162 g/mol. The molecule has 0 aromatic carbocycles. The van der Waals surface area contributed by atoms with E-state index < -0.39 is 0 Å². The molecule has 0 amide bonds. The van der Waals surface area contributed by atoms with Gasteiger partial charge in [-0.25, -0.2) is 0 Å². The quantitative estimate of drug-likeness (QED) is 0.721. The van der Waals surface area contributed by atoms with Gasteiger partial charge in [0.15, 0.2) is 0 Å². The van der Waals surface area contributed by atoms with E-state index in [2.05, 4.69) is 23.3 Å². The number of hydrogen-bond acceptors (Lipinski definition) is 2. The first-order chi connectivity index (χ1) is 5.75. The van der Waals surface area contributed by atoms with Gasteiger partial charge in [0.05, 0.1) is 0 Å². The predicted molar refractivity (Wildman–Crippen MR) is 50.2 cm³/mol. The van der Waals surface area contributed by atoms with E-state index in [-0.39, 0.29) is 0 Å². The van der Waals surface area contributed by atoms with E-state index in [9.17, 15) is 0 Å². The Morgan fingerprint density at radius 3 is 2.92 bits per heavy atom. The van der Waals surface area contributed by atoms with Crippen LogP contribution in [0.5, 0.6) is 0 Å². The van der Waals surface area contributed by atoms with E-state index in [1.165, 1.54) is 12.1 Å². The largest absolute Gasteiger partial charge is 0.382 e. The zero-order valence-corrected chi connectivity index (χ0v) is 7.54. The lowest BCUT2D eigenvalue weighted by molar-refractivity contribution is 0.928. The molecule has 0 radical (unpaired) electrons. The highest BCUT2D eigenvalue weighted by Crippen LogP contribution is 2.32. The molecule has 1 saturated carbocycles. The molecule has 1 aromatic heterocycles. The Morgan fingerprint density at radius 1 is 1.58 bits per heavy atom. The molecule has 12 heavy (non-hydrogen) atoms. The first-order valence-electron chi connectivity index (χ1n) is 4.45. The molecule has 2 nitrogen and oxygen atoms in total. The molecule has 0 spiro atoms. The summed E-state index contributed by atoms with van der Waals surface area (Å²) in [6.45, 7) is 4.28. The maximum atomic E-state index is 4.15. The number of hydrogen-bond donors (Lipinski definition) is 1. The second-order valence-electron chi connectivity index (χ2n) is 3.65. The molecule has 2 heteroatoms. The van der Waals surface area contributed by atoms with Crippen LogP contribution in [0.25, 0.3) is 0 Å². The van der Waals surface area contributed by atoms with Crippen LogP contribution in [-0.4, -0.2) is 11.0 Å². The van der Waals surface area contributed by atoms with Crippen molar-refractivity contribution in [3.05, 3.63) is 24.0 Å². The molecule has 0 aliphatic heterocycles. The summed E-state index contributed by atoms with van der Waals surface area (Å²) in [7, 11) is 0. The van der Waals surface area contributed by atoms with Crippen molar-refractivity contribution < 1.29 is 0 Å². The third-order valence-corrected chi connectivity index (χ3v) is 2.36. The van der Waals surface area contributed by atoms with E-state index in [4.69, 9.17) is 0 Å². The molecule has 2 unspecified atom stereocenters. The highest BCUT2D eigenvalue weighted by atomic mass is 15.0. The second-order valence-corrected chi connectivity index (χ2v) is 3.65. The molecule has 1 aromatic rings. The van der Waals surface area contributed by atoms with Crippen molar-refractivity contribution in [3.63, 3.8) is 0 Å². The van der Waals surface area contributed by atoms with Gasteiger partial charge in [0, 0.05) is 23.6 Å². The molecule has 1 fully saturated rings. The highest BCUT2D eigenvalue weighted by molar-refractivity contribution is 5.45. The van der Waals surface area contributed by atoms with Gasteiger partial charge in [-0.05, 0) is 31.4 Å². The van der Waals surface area contributed by atoms with E-state index in [0.717, 1.165) is 11.6 Å². The standard InChI is InChI=1S/C10H14N2/c1-7-5-10(7)12-9-3-4-11-8(2)6-9/h3-4,6-7,10H,5H2,1-2H3,(H,11,12). The first-order valence-corrected chi connectivity index (χ1v) is 4.45. The summed E-state index contributed by atoms with van der Waals surface area (Å²) in [5.74, 6) is 0.846. The molecule has 1 aliphatic carbocycles. The Hall–Kier alpha value is -1.05. The number of pyridine rings is 1. The predicted octanol–water partition coefficient (Wildman–Crippen LogP) is 2.21. The SMILES string of the molecule is Cc1cc(NC2CC2C)ccn1. The van der Waals surface area contributed by atoms with Crippen molar-refractivity contribution >= 4 is 5.69 Å². The lowest BCUT2D eigenvalue weighted by Crippen LogP contribution is -2.03. The Morgan fingerprint density at radius 2 is 2.33 bits per heavy atom. The molecular formula is C10H14N2. The summed E-state index contributed by atoms with van der Waals surface area (Å²) >= 11 is 0. The fourth-order valence-corrected chi connectivity index (χ4v) is 1.37. The van der Waals surface area contributed by atoms with Crippen LogP contribution in [0.1, 0.15) is 19.0 Å². The normalized spacial score (nSPS) is 26.8. The van der Waals surface area contributed by atoms with Gasteiger partial charge < -0.3 is 5.32 Å². The molecule has 0 saturated heterocycles. The van der Waals surface area contributed by atoms with Gasteiger partial charge in [-0.2, -0.15) is 0 Å². The van der Waals surface area contributed by atoms with Crippen LogP contribution in [0.2, 0.25) is 0 Å². The number of aromatic nitrogens is 1. The fraction of sp³-hybridized carbons (Fsp3) is 0.500. The molecule has 64 valence electrons. The second kappa shape index (κ2) is 2.77. The van der Waals surface area contributed by atoms with Crippen LogP contribution in [0, 0.1) is 12.8 Å². The van der Waals surface area contributed by atoms with Crippen LogP contribution in [0.4, 0.5) is 5.69 Å². The molecule has 2 atom stereocenters. The lowest BCUT2D eigenvalue weighted by atomic mass is 10.3. The molecule has 1 heterocycles. The minimum absolute atomic E-state index is 0.701. The lowest BCUT2D eigenvalue weighted by Gasteiger charge is -2.04. The van der Waals surface area contributed by atoms with Crippen LogP contribution < -0.4 is 5.32 Å². The zero-order valence-electron chi connectivity index (χ0n) is 7.54. The van der Waals surface area contributed by atoms with Crippen molar-refractivity contribution in [2.75, 3.05) is 5.32 Å². The summed E-state index contributed by atoms with van der Waals surface area (Å²) < 4.78 is 0. The molecule has 1 N–H and O–H groups in total. The minimum atomic E-state index is 0.701. The maximum Gasteiger partial charge on any atom is 0.0393 e. The molecule has 2 rings (SSSR count). The van der Waals surface area contributed by atoms with E-state index >= 15 is 0 Å². The Labute approximate surface area is 73.0 Å². The van der Waals surface area contributed by atoms with Crippen molar-refractivity contribution in [2.45, 2.75) is 26.3 Å². The van der Waals surface area contributed by atoms with Gasteiger partial charge in [0.2, 0.25) is 0 Å². The third-order valence-electron chi connectivity index (χ3n) is 2.36. The molecule has 0 bridgehead atoms. The summed E-state index contributed by atoms with van der Waals surface area (Å²) in [5, 5.41) is 3.47. The minimum Gasteiger partial charge on any atom is -0.382 e. The number of nitrogens with one attached hydrogen (secondary N) is 1. The van der Waals surface area contributed by atoms with Crippen molar-refractivity contribution in [1.29, 1.82) is 0 Å². The van der Waals surface area contributed by atoms with Crippen LogP contribution in [0.15, 0.2) is 18.3 Å². The number of rotatable bonds is 2. The summed E-state index contributed by atoms with van der Waals surface area (Å²) in [4.78, 5) is 4.15. The van der Waals surface area contributed by atoms with Crippen LogP contribution in [-0.2, 0) is 0 Å². The fourth-order valence-electron chi connectivity index (χ4n) is 1.37. The number of aryl methyl sites for hydroxylation is 1. The average Bonchev–Trinajstić information content (AvgIpc) is 2.66. The van der Waals surface area contributed by atoms with Gasteiger partial charge in [-0.1, -0.05) is 6.92 Å². The highest BCUT2D eigenvalue weighted by Gasteiger charge is 2.32. The zero-order chi connectivity index (χ0) is 8.55. The molecule has 1 aliphatic rings. The summed E-state index contributed by atoms with van der Waals surface area (Å²) in [5.41, 5.74) is 2.28. The van der Waals surface area contributed by atoms with Crippen LogP contribution >= 0.6 is 0 Å². The van der Waals surface area contributed by atoms with Crippen molar-refractivity contribution in [1.82, 2.24) is 4.98 Å². The van der Waals surface area contributed by atoms with Gasteiger partial charge >= 0.3 is 0 Å². The smallest absolute Gasteiger partial charge is 0.0393 e. The number of nitrogens with zero attached hydrogens (tertiary/aromatic N) is 1. The van der Waals surface area contributed by atoms with E-state index in [1.54, 1.807) is 0 Å². The average molecular weight is 162 g/mol. The summed E-state index contributed by atoms with van der Waals surface area (Å²) in [6, 6.07) is 4.81. The van der Waals surface area contributed by atoms with E-state index in [1.807, 2.05) is 19.2 Å². The molecular weight excluding hydrogens is 148 g/mol. The van der Waals surface area contributed by atoms with E-state index in [0.29, 0.717) is 6.04 Å². The van der Waals surface area contributed by atoms with Gasteiger partial charge in [0.1, 0.15) is 0 Å². The summed E-state index contributed by atoms with van der Waals surface area (Å²) in [6.07, 6.45) is 3.16. The third kappa shape index (κ3) is 1.58. The van der Waals surface area contributed by atoms with Crippen molar-refractivity contribution in [3.8, 4) is 0 Å². The first kappa shape index (κ1) is 7.59. The van der Waals surface area contributed by atoms with Crippen molar-refractivity contribution in [2.24, 2.45) is 5.92 Å². The topological polar surface area (TPSA) is 24.9 Å². The Bertz CT molecular complexity index is 283. The van der Waals surface area contributed by atoms with Gasteiger partial charge in [-0.15, -0.1) is 0 Å². The number of anilines is 1. The Kier molecular flexibility index (Phi) is 1.75. The maximum absolute atomic E-state index is 4.15.